The summed E-state index contributed by atoms with van der Waals surface area (Å²) in [5, 5.41) is 0. The molecule has 0 aromatic heterocycles. The molecule has 1 saturated heterocycles. The average molecular weight is 219 g/mol. The van der Waals surface area contributed by atoms with E-state index in [1.165, 1.54) is 17.8 Å². The van der Waals surface area contributed by atoms with Gasteiger partial charge in [0.2, 0.25) is 0 Å². The Morgan fingerprint density at radius 2 is 2.25 bits per heavy atom. The largest absolute Gasteiger partial charge is 0.378 e. The van der Waals surface area contributed by atoms with Crippen molar-refractivity contribution in [2.75, 3.05) is 43.5 Å². The second-order valence-electron chi connectivity index (χ2n) is 4.75. The van der Waals surface area contributed by atoms with Crippen molar-refractivity contribution in [1.29, 1.82) is 0 Å². The van der Waals surface area contributed by atoms with Gasteiger partial charge in [-0.2, -0.15) is 0 Å². The van der Waals surface area contributed by atoms with Crippen molar-refractivity contribution in [1.82, 2.24) is 0 Å². The van der Waals surface area contributed by atoms with Crippen molar-refractivity contribution >= 4 is 11.4 Å². The van der Waals surface area contributed by atoms with E-state index in [0.717, 1.165) is 19.6 Å². The fourth-order valence-electron chi connectivity index (χ4n) is 2.23. The second-order valence-corrected chi connectivity index (χ2v) is 4.75. The van der Waals surface area contributed by atoms with E-state index in [2.05, 4.69) is 48.2 Å². The summed E-state index contributed by atoms with van der Waals surface area (Å²) in [6.45, 7) is 3.05. The lowest BCUT2D eigenvalue weighted by atomic mass is 10.1. The first-order valence-corrected chi connectivity index (χ1v) is 5.93. The smallest absolute Gasteiger partial charge is 0.0387 e. The Morgan fingerprint density at radius 3 is 2.88 bits per heavy atom. The highest BCUT2D eigenvalue weighted by Crippen LogP contribution is 2.26. The van der Waals surface area contributed by atoms with Gasteiger partial charge in [-0.1, -0.05) is 6.07 Å². The number of rotatable bonds is 3. The number of anilines is 2. The molecule has 1 aromatic carbocycles. The highest BCUT2D eigenvalue weighted by Gasteiger charge is 2.21. The minimum absolute atomic E-state index is 0.669. The second kappa shape index (κ2) is 4.74. The van der Waals surface area contributed by atoms with Crippen molar-refractivity contribution in [2.45, 2.75) is 6.42 Å². The van der Waals surface area contributed by atoms with E-state index >= 15 is 0 Å². The van der Waals surface area contributed by atoms with Crippen LogP contribution in [0.5, 0.6) is 0 Å². The van der Waals surface area contributed by atoms with Crippen LogP contribution in [0.3, 0.4) is 0 Å². The van der Waals surface area contributed by atoms with Crippen molar-refractivity contribution in [2.24, 2.45) is 11.7 Å². The molecule has 1 atom stereocenters. The molecule has 1 heterocycles. The van der Waals surface area contributed by atoms with Gasteiger partial charge in [0.1, 0.15) is 0 Å². The van der Waals surface area contributed by atoms with Gasteiger partial charge in [0.15, 0.2) is 0 Å². The first-order valence-electron chi connectivity index (χ1n) is 5.93. The molecule has 0 aliphatic carbocycles. The highest BCUT2D eigenvalue weighted by molar-refractivity contribution is 5.59. The molecule has 0 amide bonds. The molecule has 0 bridgehead atoms. The Morgan fingerprint density at radius 1 is 1.44 bits per heavy atom. The van der Waals surface area contributed by atoms with E-state index in [1.807, 2.05) is 0 Å². The lowest BCUT2D eigenvalue weighted by Gasteiger charge is -2.21. The molecule has 1 fully saturated rings. The predicted octanol–water partition coefficient (Wildman–Crippen LogP) is 1.54. The van der Waals surface area contributed by atoms with Gasteiger partial charge in [-0.05, 0) is 37.1 Å². The molecule has 0 spiro atoms. The predicted molar refractivity (Wildman–Crippen MR) is 70.1 cm³/mol. The maximum atomic E-state index is 5.72. The van der Waals surface area contributed by atoms with E-state index in [0.29, 0.717) is 5.92 Å². The Bertz CT molecular complexity index is 349. The quantitative estimate of drug-likeness (QED) is 0.837. The molecule has 88 valence electrons. The summed E-state index contributed by atoms with van der Waals surface area (Å²) in [5.41, 5.74) is 8.30. The Kier molecular flexibility index (Phi) is 3.34. The van der Waals surface area contributed by atoms with Crippen LogP contribution in [-0.2, 0) is 0 Å². The molecule has 3 nitrogen and oxygen atoms in total. The summed E-state index contributed by atoms with van der Waals surface area (Å²) < 4.78 is 0. The summed E-state index contributed by atoms with van der Waals surface area (Å²) in [5.74, 6) is 0.669. The highest BCUT2D eigenvalue weighted by atomic mass is 15.2. The Labute approximate surface area is 97.8 Å². The van der Waals surface area contributed by atoms with Crippen LogP contribution in [0.1, 0.15) is 6.42 Å². The van der Waals surface area contributed by atoms with Crippen LogP contribution in [0.15, 0.2) is 24.3 Å². The van der Waals surface area contributed by atoms with Crippen molar-refractivity contribution in [3.05, 3.63) is 24.3 Å². The van der Waals surface area contributed by atoms with E-state index in [-0.39, 0.29) is 0 Å². The summed E-state index contributed by atoms with van der Waals surface area (Å²) >= 11 is 0. The zero-order chi connectivity index (χ0) is 11.5. The van der Waals surface area contributed by atoms with Gasteiger partial charge >= 0.3 is 0 Å². The Hall–Kier alpha value is -1.22. The molecule has 0 saturated carbocycles. The van der Waals surface area contributed by atoms with Crippen molar-refractivity contribution in [3.63, 3.8) is 0 Å². The Balaban J connectivity index is 2.12. The van der Waals surface area contributed by atoms with Crippen LogP contribution in [0.4, 0.5) is 11.4 Å². The van der Waals surface area contributed by atoms with Gasteiger partial charge < -0.3 is 15.5 Å². The monoisotopic (exact) mass is 219 g/mol. The number of nitrogens with two attached hydrogens (primary N) is 1. The van der Waals surface area contributed by atoms with E-state index in [9.17, 15) is 0 Å². The van der Waals surface area contributed by atoms with E-state index in [4.69, 9.17) is 5.73 Å². The molecule has 1 unspecified atom stereocenters. The zero-order valence-electron chi connectivity index (χ0n) is 10.2. The van der Waals surface area contributed by atoms with Crippen LogP contribution < -0.4 is 15.5 Å². The van der Waals surface area contributed by atoms with Gasteiger partial charge in [0.05, 0.1) is 0 Å². The molecule has 1 aliphatic rings. The third-order valence-electron chi connectivity index (χ3n) is 3.33. The lowest BCUT2D eigenvalue weighted by molar-refractivity contribution is 0.602. The van der Waals surface area contributed by atoms with Gasteiger partial charge in [-0.15, -0.1) is 0 Å². The average Bonchev–Trinajstić information content (AvgIpc) is 2.77. The van der Waals surface area contributed by atoms with E-state index < -0.39 is 0 Å². The standard InChI is InChI=1S/C13H21N3/c1-15(2)12-4-3-5-13(8-12)16-7-6-11(9-14)10-16/h3-5,8,11H,6-7,9-10,14H2,1-2H3. The summed E-state index contributed by atoms with van der Waals surface area (Å²) in [6, 6.07) is 8.70. The number of nitrogens with zero attached hydrogens (tertiary/aromatic N) is 2. The van der Waals surface area contributed by atoms with Crippen molar-refractivity contribution < 1.29 is 0 Å². The normalized spacial score (nSPS) is 20.2. The van der Waals surface area contributed by atoms with Gasteiger partial charge in [0, 0.05) is 38.6 Å². The summed E-state index contributed by atoms with van der Waals surface area (Å²) in [7, 11) is 4.15. The molecule has 1 aromatic rings. The van der Waals surface area contributed by atoms with Gasteiger partial charge in [0.25, 0.3) is 0 Å². The number of hydrogen-bond donors (Lipinski definition) is 1. The van der Waals surface area contributed by atoms with E-state index in [1.54, 1.807) is 0 Å². The fraction of sp³-hybridized carbons (Fsp3) is 0.538. The van der Waals surface area contributed by atoms with Crippen LogP contribution in [-0.4, -0.2) is 33.7 Å². The molecular weight excluding hydrogens is 198 g/mol. The number of hydrogen-bond acceptors (Lipinski definition) is 3. The molecule has 2 rings (SSSR count). The van der Waals surface area contributed by atoms with Gasteiger partial charge in [-0.25, -0.2) is 0 Å². The number of benzene rings is 1. The molecular formula is C13H21N3. The maximum Gasteiger partial charge on any atom is 0.0387 e. The topological polar surface area (TPSA) is 32.5 Å². The zero-order valence-corrected chi connectivity index (χ0v) is 10.2. The molecule has 3 heteroatoms. The van der Waals surface area contributed by atoms with Gasteiger partial charge in [-0.3, -0.25) is 0 Å². The van der Waals surface area contributed by atoms with Crippen molar-refractivity contribution in [3.8, 4) is 0 Å². The molecule has 0 radical (unpaired) electrons. The summed E-state index contributed by atoms with van der Waals surface area (Å²) in [4.78, 5) is 4.57. The minimum atomic E-state index is 0.669. The summed E-state index contributed by atoms with van der Waals surface area (Å²) in [6.07, 6.45) is 1.22. The van der Waals surface area contributed by atoms with Crippen LogP contribution in [0.2, 0.25) is 0 Å². The third-order valence-corrected chi connectivity index (χ3v) is 3.33. The SMILES string of the molecule is CN(C)c1cccc(N2CCC(CN)C2)c1. The minimum Gasteiger partial charge on any atom is -0.378 e. The van der Waals surface area contributed by atoms with Crippen LogP contribution >= 0.6 is 0 Å². The third kappa shape index (κ3) is 2.30. The molecule has 16 heavy (non-hydrogen) atoms. The molecule has 1 aliphatic heterocycles. The fourth-order valence-corrected chi connectivity index (χ4v) is 2.23. The molecule has 2 N–H and O–H groups in total. The maximum absolute atomic E-state index is 5.72. The first kappa shape index (κ1) is 11.3. The van der Waals surface area contributed by atoms with Crippen LogP contribution in [0, 0.1) is 5.92 Å². The first-order chi connectivity index (χ1) is 7.70. The lowest BCUT2D eigenvalue weighted by Crippen LogP contribution is -2.22. The van der Waals surface area contributed by atoms with Crippen LogP contribution in [0.25, 0.3) is 0 Å².